The van der Waals surface area contributed by atoms with E-state index in [1.54, 1.807) is 22.2 Å². The van der Waals surface area contributed by atoms with E-state index in [1.165, 1.54) is 29.7 Å². The summed E-state index contributed by atoms with van der Waals surface area (Å²) in [4.78, 5) is 32.1. The molecule has 5 nitrogen and oxygen atoms in total. The highest BCUT2D eigenvalue weighted by Gasteiger charge is 2.28. The van der Waals surface area contributed by atoms with Crippen molar-refractivity contribution in [3.63, 3.8) is 0 Å². The maximum absolute atomic E-state index is 13.0. The van der Waals surface area contributed by atoms with Crippen LogP contribution in [0.5, 0.6) is 0 Å². The average molecular weight is 388 g/mol. The van der Waals surface area contributed by atoms with E-state index < -0.39 is 0 Å². The van der Waals surface area contributed by atoms with Gasteiger partial charge < -0.3 is 5.32 Å². The van der Waals surface area contributed by atoms with E-state index in [-0.39, 0.29) is 17.5 Å². The molecule has 1 fully saturated rings. The van der Waals surface area contributed by atoms with Crippen molar-refractivity contribution in [1.82, 2.24) is 14.9 Å². The van der Waals surface area contributed by atoms with Crippen molar-refractivity contribution in [3.8, 4) is 0 Å². The molecule has 27 heavy (non-hydrogen) atoms. The number of aromatic nitrogens is 2. The van der Waals surface area contributed by atoms with Gasteiger partial charge in [0.2, 0.25) is 5.91 Å². The van der Waals surface area contributed by atoms with Crippen LogP contribution in [0.3, 0.4) is 0 Å². The van der Waals surface area contributed by atoms with Crippen LogP contribution in [-0.2, 0) is 24.2 Å². The molecule has 0 aliphatic heterocycles. The first-order chi connectivity index (χ1) is 13.0. The second-order valence-electron chi connectivity index (χ2n) is 8.33. The van der Waals surface area contributed by atoms with Crippen molar-refractivity contribution in [2.45, 2.75) is 77.8 Å². The lowest BCUT2D eigenvalue weighted by Crippen LogP contribution is -2.44. The standard InChI is InChI=1S/C21H29N3O2S/c1-13-6-5-8-16(14(13)2)23-18(25)10-11-24-12-22-20-19(21(24)26)15-7-3-4-9-17(15)27-20/h12-14,16H,3-11H2,1-2H3,(H,23,25). The van der Waals surface area contributed by atoms with Crippen molar-refractivity contribution in [1.29, 1.82) is 0 Å². The van der Waals surface area contributed by atoms with Crippen molar-refractivity contribution >= 4 is 27.5 Å². The van der Waals surface area contributed by atoms with E-state index in [2.05, 4.69) is 24.1 Å². The smallest absolute Gasteiger partial charge is 0.262 e. The number of thiophene rings is 1. The Morgan fingerprint density at radius 2 is 2.07 bits per heavy atom. The van der Waals surface area contributed by atoms with E-state index in [0.717, 1.165) is 35.9 Å². The lowest BCUT2D eigenvalue weighted by atomic mass is 9.78. The Labute approximate surface area is 164 Å². The summed E-state index contributed by atoms with van der Waals surface area (Å²) in [6.45, 7) is 4.90. The van der Waals surface area contributed by atoms with Crippen LogP contribution in [0.1, 0.15) is 62.8 Å². The van der Waals surface area contributed by atoms with Crippen LogP contribution < -0.4 is 10.9 Å². The van der Waals surface area contributed by atoms with Crippen LogP contribution in [0.4, 0.5) is 0 Å². The molecule has 0 spiro atoms. The highest BCUT2D eigenvalue weighted by molar-refractivity contribution is 7.18. The van der Waals surface area contributed by atoms with E-state index in [1.807, 2.05) is 0 Å². The van der Waals surface area contributed by atoms with Crippen molar-refractivity contribution < 1.29 is 4.79 Å². The molecule has 2 heterocycles. The molecule has 0 saturated heterocycles. The van der Waals surface area contributed by atoms with Crippen LogP contribution in [-0.4, -0.2) is 21.5 Å². The normalized spacial score (nSPS) is 25.3. The molecule has 146 valence electrons. The molecular weight excluding hydrogens is 358 g/mol. The van der Waals surface area contributed by atoms with Crippen molar-refractivity contribution in [2.75, 3.05) is 0 Å². The Morgan fingerprint density at radius 3 is 2.93 bits per heavy atom. The number of aryl methyl sites for hydroxylation is 3. The SMILES string of the molecule is CC1CCCC(NC(=O)CCn2cnc3sc4c(c3c2=O)CCCC4)C1C. The zero-order chi connectivity index (χ0) is 19.0. The number of carbonyl (C=O) groups excluding carboxylic acids is 1. The fraction of sp³-hybridized carbons (Fsp3) is 0.667. The molecule has 3 atom stereocenters. The number of hydrogen-bond donors (Lipinski definition) is 1. The van der Waals surface area contributed by atoms with Gasteiger partial charge in [0.05, 0.1) is 11.7 Å². The van der Waals surface area contributed by atoms with Crippen LogP contribution >= 0.6 is 11.3 Å². The number of hydrogen-bond acceptors (Lipinski definition) is 4. The zero-order valence-electron chi connectivity index (χ0n) is 16.3. The molecule has 4 rings (SSSR count). The van der Waals surface area contributed by atoms with Gasteiger partial charge in [-0.3, -0.25) is 14.2 Å². The lowest BCUT2D eigenvalue weighted by Gasteiger charge is -2.34. The highest BCUT2D eigenvalue weighted by Crippen LogP contribution is 2.33. The Kier molecular flexibility index (Phi) is 5.35. The van der Waals surface area contributed by atoms with Gasteiger partial charge in [-0.1, -0.05) is 26.7 Å². The van der Waals surface area contributed by atoms with Crippen LogP contribution in [0.2, 0.25) is 0 Å². The third kappa shape index (κ3) is 3.68. The molecule has 2 aliphatic carbocycles. The fourth-order valence-electron chi connectivity index (χ4n) is 4.63. The van der Waals surface area contributed by atoms with Crippen molar-refractivity contribution in [2.24, 2.45) is 11.8 Å². The summed E-state index contributed by atoms with van der Waals surface area (Å²) in [5.41, 5.74) is 1.23. The maximum atomic E-state index is 13.0. The molecule has 1 saturated carbocycles. The summed E-state index contributed by atoms with van der Waals surface area (Å²) in [6, 6.07) is 0.266. The van der Waals surface area contributed by atoms with E-state index in [4.69, 9.17) is 0 Å². The Morgan fingerprint density at radius 1 is 1.26 bits per heavy atom. The molecule has 2 aromatic rings. The summed E-state index contributed by atoms with van der Waals surface area (Å²) in [5, 5.41) is 4.00. The molecule has 0 bridgehead atoms. The summed E-state index contributed by atoms with van der Waals surface area (Å²) in [5.74, 6) is 1.21. The highest BCUT2D eigenvalue weighted by atomic mass is 32.1. The average Bonchev–Trinajstić information content (AvgIpc) is 3.04. The molecule has 0 radical (unpaired) electrons. The number of nitrogens with zero attached hydrogens (tertiary/aromatic N) is 2. The molecule has 0 aromatic carbocycles. The minimum absolute atomic E-state index is 0.0202. The number of rotatable bonds is 4. The van der Waals surface area contributed by atoms with Gasteiger partial charge in [-0.05, 0) is 49.5 Å². The summed E-state index contributed by atoms with van der Waals surface area (Å²) < 4.78 is 1.62. The Hall–Kier alpha value is -1.69. The summed E-state index contributed by atoms with van der Waals surface area (Å²) >= 11 is 1.67. The van der Waals surface area contributed by atoms with Crippen LogP contribution in [0.15, 0.2) is 11.1 Å². The number of carbonyl (C=O) groups is 1. The number of amides is 1. The first-order valence-corrected chi connectivity index (χ1v) is 11.2. The minimum Gasteiger partial charge on any atom is -0.353 e. The predicted molar refractivity (Wildman–Crippen MR) is 109 cm³/mol. The van der Waals surface area contributed by atoms with Gasteiger partial charge in [-0.2, -0.15) is 0 Å². The molecule has 6 heteroatoms. The monoisotopic (exact) mass is 387 g/mol. The molecule has 1 N–H and O–H groups in total. The van der Waals surface area contributed by atoms with Gasteiger partial charge >= 0.3 is 0 Å². The predicted octanol–water partition coefficient (Wildman–Crippen LogP) is 3.67. The quantitative estimate of drug-likeness (QED) is 0.871. The third-order valence-corrected chi connectivity index (χ3v) is 7.77. The molecule has 2 aliphatic rings. The van der Waals surface area contributed by atoms with Gasteiger partial charge in [0.1, 0.15) is 4.83 Å². The van der Waals surface area contributed by atoms with Gasteiger partial charge in [0, 0.05) is 23.9 Å². The largest absolute Gasteiger partial charge is 0.353 e. The molecular formula is C21H29N3O2S. The molecule has 1 amide bonds. The summed E-state index contributed by atoms with van der Waals surface area (Å²) in [6.07, 6.45) is 9.83. The zero-order valence-corrected chi connectivity index (χ0v) is 17.1. The van der Waals surface area contributed by atoms with E-state index in [0.29, 0.717) is 24.8 Å². The molecule has 3 unspecified atom stereocenters. The van der Waals surface area contributed by atoms with Crippen molar-refractivity contribution in [3.05, 3.63) is 27.1 Å². The second-order valence-corrected chi connectivity index (χ2v) is 9.41. The van der Waals surface area contributed by atoms with E-state index >= 15 is 0 Å². The van der Waals surface area contributed by atoms with Gasteiger partial charge in [-0.15, -0.1) is 11.3 Å². The third-order valence-electron chi connectivity index (χ3n) is 6.57. The number of fused-ring (bicyclic) bond motifs is 3. The van der Waals surface area contributed by atoms with Gasteiger partial charge in [0.25, 0.3) is 5.56 Å². The maximum Gasteiger partial charge on any atom is 0.262 e. The van der Waals surface area contributed by atoms with Crippen LogP contribution in [0, 0.1) is 11.8 Å². The fourth-order valence-corrected chi connectivity index (χ4v) is 5.85. The second kappa shape index (κ2) is 7.74. The molecule has 2 aromatic heterocycles. The Balaban J connectivity index is 1.45. The van der Waals surface area contributed by atoms with E-state index in [9.17, 15) is 9.59 Å². The van der Waals surface area contributed by atoms with Crippen LogP contribution in [0.25, 0.3) is 10.2 Å². The number of nitrogens with one attached hydrogen (secondary N) is 1. The Bertz CT molecular complexity index is 901. The first-order valence-electron chi connectivity index (χ1n) is 10.3. The topological polar surface area (TPSA) is 64.0 Å². The lowest BCUT2D eigenvalue weighted by molar-refractivity contribution is -0.122. The van der Waals surface area contributed by atoms with Gasteiger partial charge in [-0.25, -0.2) is 4.98 Å². The van der Waals surface area contributed by atoms with Gasteiger partial charge in [0.15, 0.2) is 0 Å². The first kappa shape index (κ1) is 18.7. The summed E-state index contributed by atoms with van der Waals surface area (Å²) in [7, 11) is 0. The minimum atomic E-state index is 0.0202.